The number of anilines is 2. The van der Waals surface area contributed by atoms with Crippen molar-refractivity contribution in [2.24, 2.45) is 5.73 Å². The van der Waals surface area contributed by atoms with Gasteiger partial charge in [0.2, 0.25) is 5.91 Å². The van der Waals surface area contributed by atoms with E-state index in [0.29, 0.717) is 26.2 Å². The number of hydrogen-bond donors (Lipinski definition) is 1. The van der Waals surface area contributed by atoms with Crippen molar-refractivity contribution in [1.82, 2.24) is 4.90 Å². The highest BCUT2D eigenvalue weighted by molar-refractivity contribution is 5.90. The van der Waals surface area contributed by atoms with Crippen LogP contribution >= 0.6 is 0 Å². The number of ether oxygens (including phenoxy) is 1. The van der Waals surface area contributed by atoms with Crippen LogP contribution in [-0.2, 0) is 9.53 Å². The van der Waals surface area contributed by atoms with Gasteiger partial charge in [0.25, 0.3) is 0 Å². The van der Waals surface area contributed by atoms with E-state index in [1.807, 2.05) is 4.90 Å². The Balaban J connectivity index is 1.71. The van der Waals surface area contributed by atoms with E-state index in [4.69, 9.17) is 15.7 Å². The molecule has 1 atom stereocenters. The fourth-order valence-electron chi connectivity index (χ4n) is 3.43. The number of carbonyl (C=O) groups excluding carboxylic acids is 2. The molecule has 8 nitrogen and oxygen atoms in total. The standard InChI is InChI=1S/C18H21F2N5O3/c19-14-9-12(25-11-13(28-18(25)27)1-2-16(22)26)10-15(20)17(14)24-7-5-23(4-3-21)6-8-24/h9-10,13H,1-2,4-8,11H2,(H2,22,26). The summed E-state index contributed by atoms with van der Waals surface area (Å²) in [7, 11) is 0. The van der Waals surface area contributed by atoms with Crippen molar-refractivity contribution >= 4 is 23.4 Å². The van der Waals surface area contributed by atoms with Gasteiger partial charge >= 0.3 is 6.09 Å². The maximum absolute atomic E-state index is 14.7. The van der Waals surface area contributed by atoms with Crippen LogP contribution in [-0.4, -0.2) is 62.3 Å². The van der Waals surface area contributed by atoms with Gasteiger partial charge in [-0.2, -0.15) is 5.26 Å². The number of nitrogens with two attached hydrogens (primary N) is 1. The topological polar surface area (TPSA) is 103 Å². The first-order valence-electron chi connectivity index (χ1n) is 8.98. The average molecular weight is 393 g/mol. The number of nitrogens with zero attached hydrogens (tertiary/aromatic N) is 4. The molecule has 2 saturated heterocycles. The van der Waals surface area contributed by atoms with Crippen LogP contribution in [0.1, 0.15) is 12.8 Å². The molecule has 10 heteroatoms. The molecule has 1 unspecified atom stereocenters. The van der Waals surface area contributed by atoms with Crippen LogP contribution < -0.4 is 15.5 Å². The smallest absolute Gasteiger partial charge is 0.414 e. The summed E-state index contributed by atoms with van der Waals surface area (Å²) in [6.07, 6.45) is -0.955. The molecule has 2 aliphatic heterocycles. The molecule has 0 spiro atoms. The molecule has 2 amide bonds. The number of nitriles is 1. The lowest BCUT2D eigenvalue weighted by atomic mass is 10.1. The minimum absolute atomic E-state index is 0.0607. The fourth-order valence-corrected chi connectivity index (χ4v) is 3.43. The Hall–Kier alpha value is -2.93. The van der Waals surface area contributed by atoms with Crippen LogP contribution in [0.2, 0.25) is 0 Å². The normalized spacial score (nSPS) is 20.2. The van der Waals surface area contributed by atoms with Crippen LogP contribution in [0.4, 0.5) is 25.0 Å². The first-order valence-corrected chi connectivity index (χ1v) is 8.98. The van der Waals surface area contributed by atoms with E-state index in [9.17, 15) is 18.4 Å². The van der Waals surface area contributed by atoms with Crippen molar-refractivity contribution in [3.8, 4) is 6.07 Å². The fraction of sp³-hybridized carbons (Fsp3) is 0.500. The van der Waals surface area contributed by atoms with E-state index in [-0.39, 0.29) is 37.3 Å². The molecule has 3 rings (SSSR count). The zero-order chi connectivity index (χ0) is 20.3. The second kappa shape index (κ2) is 8.39. The van der Waals surface area contributed by atoms with Gasteiger partial charge in [0.05, 0.1) is 24.8 Å². The van der Waals surface area contributed by atoms with Crippen molar-refractivity contribution < 1.29 is 23.1 Å². The molecule has 0 aromatic heterocycles. The third-order valence-corrected chi connectivity index (χ3v) is 4.88. The summed E-state index contributed by atoms with van der Waals surface area (Å²) in [5.41, 5.74) is 5.01. The average Bonchev–Trinajstić information content (AvgIpc) is 3.02. The monoisotopic (exact) mass is 393 g/mol. The maximum atomic E-state index is 14.7. The largest absolute Gasteiger partial charge is 0.444 e. The van der Waals surface area contributed by atoms with Gasteiger partial charge in [0, 0.05) is 44.7 Å². The van der Waals surface area contributed by atoms with E-state index >= 15 is 0 Å². The zero-order valence-electron chi connectivity index (χ0n) is 15.2. The Morgan fingerprint density at radius 3 is 2.46 bits per heavy atom. The lowest BCUT2D eigenvalue weighted by Gasteiger charge is -2.35. The van der Waals surface area contributed by atoms with Crippen molar-refractivity contribution in [3.63, 3.8) is 0 Å². The molecule has 28 heavy (non-hydrogen) atoms. The SMILES string of the molecule is N#CCN1CCN(c2c(F)cc(N3CC(CCC(N)=O)OC3=O)cc2F)CC1. The first kappa shape index (κ1) is 19.8. The number of piperazine rings is 1. The summed E-state index contributed by atoms with van der Waals surface area (Å²) in [6, 6.07) is 4.28. The lowest BCUT2D eigenvalue weighted by molar-refractivity contribution is -0.118. The van der Waals surface area contributed by atoms with Crippen LogP contribution in [0.5, 0.6) is 0 Å². The summed E-state index contributed by atoms with van der Waals surface area (Å²) in [4.78, 5) is 27.6. The number of halogens is 2. The van der Waals surface area contributed by atoms with E-state index in [1.54, 1.807) is 4.90 Å². The van der Waals surface area contributed by atoms with E-state index < -0.39 is 29.7 Å². The Kier molecular flexibility index (Phi) is 5.94. The van der Waals surface area contributed by atoms with E-state index in [2.05, 4.69) is 6.07 Å². The molecule has 1 aromatic rings. The van der Waals surface area contributed by atoms with Crippen molar-refractivity contribution in [3.05, 3.63) is 23.8 Å². The van der Waals surface area contributed by atoms with Crippen molar-refractivity contribution in [2.75, 3.05) is 49.1 Å². The minimum atomic E-state index is -0.767. The molecular formula is C18H21F2N5O3. The van der Waals surface area contributed by atoms with Gasteiger partial charge in [-0.15, -0.1) is 0 Å². The number of hydrogen-bond acceptors (Lipinski definition) is 6. The predicted octanol–water partition coefficient (Wildman–Crippen LogP) is 1.20. The van der Waals surface area contributed by atoms with Crippen LogP contribution in [0.3, 0.4) is 0 Å². The minimum Gasteiger partial charge on any atom is -0.444 e. The quantitative estimate of drug-likeness (QED) is 0.729. The summed E-state index contributed by atoms with van der Waals surface area (Å²) in [6.45, 7) is 2.25. The van der Waals surface area contributed by atoms with Crippen molar-refractivity contribution in [1.29, 1.82) is 5.26 Å². The van der Waals surface area contributed by atoms with Gasteiger partial charge in [0.15, 0.2) is 11.6 Å². The maximum Gasteiger partial charge on any atom is 0.414 e. The van der Waals surface area contributed by atoms with Crippen LogP contribution in [0, 0.1) is 23.0 Å². The highest BCUT2D eigenvalue weighted by Gasteiger charge is 2.34. The van der Waals surface area contributed by atoms with Gasteiger partial charge in [-0.3, -0.25) is 14.6 Å². The summed E-state index contributed by atoms with van der Waals surface area (Å²) in [5, 5.41) is 8.73. The van der Waals surface area contributed by atoms with E-state index in [0.717, 1.165) is 17.0 Å². The predicted molar refractivity (Wildman–Crippen MR) is 96.7 cm³/mol. The summed E-state index contributed by atoms with van der Waals surface area (Å²) >= 11 is 0. The van der Waals surface area contributed by atoms with Crippen LogP contribution in [0.25, 0.3) is 0 Å². The number of carbonyl (C=O) groups is 2. The second-order valence-corrected chi connectivity index (χ2v) is 6.80. The Morgan fingerprint density at radius 2 is 1.89 bits per heavy atom. The first-order chi connectivity index (χ1) is 13.4. The highest BCUT2D eigenvalue weighted by Crippen LogP contribution is 2.32. The zero-order valence-corrected chi connectivity index (χ0v) is 15.2. The Labute approximate surface area is 161 Å². The van der Waals surface area contributed by atoms with Crippen LogP contribution in [0.15, 0.2) is 12.1 Å². The van der Waals surface area contributed by atoms with Gasteiger partial charge in [-0.1, -0.05) is 0 Å². The molecule has 0 aliphatic carbocycles. The molecule has 2 N–H and O–H groups in total. The number of rotatable bonds is 6. The second-order valence-electron chi connectivity index (χ2n) is 6.80. The summed E-state index contributed by atoms with van der Waals surface area (Å²) in [5.74, 6) is -2.04. The molecule has 2 fully saturated rings. The van der Waals surface area contributed by atoms with Crippen molar-refractivity contribution in [2.45, 2.75) is 18.9 Å². The lowest BCUT2D eigenvalue weighted by Crippen LogP contribution is -2.47. The number of amides is 2. The van der Waals surface area contributed by atoms with Gasteiger partial charge in [-0.25, -0.2) is 13.6 Å². The number of primary amides is 1. The Morgan fingerprint density at radius 1 is 1.25 bits per heavy atom. The van der Waals surface area contributed by atoms with Gasteiger partial charge < -0.3 is 15.4 Å². The molecule has 150 valence electrons. The molecule has 0 saturated carbocycles. The molecule has 0 radical (unpaired) electrons. The molecule has 2 aliphatic rings. The molecule has 2 heterocycles. The summed E-state index contributed by atoms with van der Waals surface area (Å²) < 4.78 is 34.5. The third-order valence-electron chi connectivity index (χ3n) is 4.88. The molecule has 1 aromatic carbocycles. The molecular weight excluding hydrogens is 372 g/mol. The van der Waals surface area contributed by atoms with Gasteiger partial charge in [-0.05, 0) is 6.42 Å². The molecule has 0 bridgehead atoms. The third kappa shape index (κ3) is 4.31. The number of cyclic esters (lactones) is 1. The number of benzene rings is 1. The highest BCUT2D eigenvalue weighted by atomic mass is 19.1. The Bertz CT molecular complexity index is 782. The van der Waals surface area contributed by atoms with Gasteiger partial charge in [0.1, 0.15) is 11.8 Å². The van der Waals surface area contributed by atoms with E-state index in [1.165, 1.54) is 0 Å².